The fraction of sp³-hybridized carbons (Fsp3) is 0.318. The zero-order valence-electron chi connectivity index (χ0n) is 15.2. The first-order valence-electron chi connectivity index (χ1n) is 9.58. The number of para-hydroxylation sites is 1. The number of hydrogen-bond acceptors (Lipinski definition) is 3. The highest BCUT2D eigenvalue weighted by Gasteiger charge is 2.35. The first kappa shape index (κ1) is 17.5. The average Bonchev–Trinajstić information content (AvgIpc) is 2.99. The molecule has 4 rings (SSSR count). The minimum atomic E-state index is -0.320. The third kappa shape index (κ3) is 3.63. The molecule has 0 saturated heterocycles. The highest BCUT2D eigenvalue weighted by molar-refractivity contribution is 6.54. The van der Waals surface area contributed by atoms with Gasteiger partial charge in [-0.15, -0.1) is 0 Å². The third-order valence-corrected chi connectivity index (χ3v) is 5.37. The molecule has 2 aromatic rings. The molecule has 1 aliphatic carbocycles. The molecule has 5 nitrogen and oxygen atoms in total. The first-order chi connectivity index (χ1) is 13.2. The van der Waals surface area contributed by atoms with E-state index in [1.807, 2.05) is 35.2 Å². The van der Waals surface area contributed by atoms with Crippen LogP contribution in [0.15, 0.2) is 59.7 Å². The maximum Gasteiger partial charge on any atom is 0.279 e. The van der Waals surface area contributed by atoms with Gasteiger partial charge in [-0.05, 0) is 37.0 Å². The van der Waals surface area contributed by atoms with E-state index in [-0.39, 0.29) is 11.8 Å². The normalized spacial score (nSPS) is 18.6. The number of rotatable bonds is 4. The summed E-state index contributed by atoms with van der Waals surface area (Å²) in [5.41, 5.74) is 5.04. The van der Waals surface area contributed by atoms with Crippen molar-refractivity contribution >= 4 is 23.2 Å². The summed E-state index contributed by atoms with van der Waals surface area (Å²) >= 11 is 0. The van der Waals surface area contributed by atoms with Crippen LogP contribution >= 0.6 is 0 Å². The third-order valence-electron chi connectivity index (χ3n) is 5.37. The van der Waals surface area contributed by atoms with Crippen LogP contribution in [0.3, 0.4) is 0 Å². The Balaban J connectivity index is 1.56. The second-order valence-electron chi connectivity index (χ2n) is 7.20. The molecular formula is C22H23N3O2. The molecule has 0 spiro atoms. The highest BCUT2D eigenvalue weighted by Crippen LogP contribution is 2.32. The maximum atomic E-state index is 13.0. The summed E-state index contributed by atoms with van der Waals surface area (Å²) in [6, 6.07) is 16.6. The minimum Gasteiger partial charge on any atom is -0.306 e. The van der Waals surface area contributed by atoms with Crippen molar-refractivity contribution in [2.45, 2.75) is 32.1 Å². The molecule has 2 aliphatic rings. The van der Waals surface area contributed by atoms with Crippen molar-refractivity contribution < 1.29 is 9.59 Å². The number of benzene rings is 2. The molecule has 0 unspecified atom stereocenters. The predicted molar refractivity (Wildman–Crippen MR) is 106 cm³/mol. The van der Waals surface area contributed by atoms with Gasteiger partial charge < -0.3 is 4.90 Å². The van der Waals surface area contributed by atoms with Crippen LogP contribution in [0.5, 0.6) is 0 Å². The van der Waals surface area contributed by atoms with E-state index in [0.717, 1.165) is 17.8 Å². The number of nitrogens with zero attached hydrogens (tertiary/aromatic N) is 2. The SMILES string of the molecule is O=C(N/N=C1\C(=O)N(CC2CCCCC2)c2ccccc21)c1ccccc1. The lowest BCUT2D eigenvalue weighted by Crippen LogP contribution is -2.36. The van der Waals surface area contributed by atoms with Gasteiger partial charge in [0, 0.05) is 17.7 Å². The zero-order chi connectivity index (χ0) is 18.6. The summed E-state index contributed by atoms with van der Waals surface area (Å²) in [7, 11) is 0. The van der Waals surface area contributed by atoms with Crippen molar-refractivity contribution in [2.75, 3.05) is 11.4 Å². The van der Waals surface area contributed by atoms with Gasteiger partial charge in [-0.1, -0.05) is 55.7 Å². The Morgan fingerprint density at radius 1 is 1.00 bits per heavy atom. The average molecular weight is 361 g/mol. The van der Waals surface area contributed by atoms with Crippen molar-refractivity contribution in [2.24, 2.45) is 11.0 Å². The molecule has 2 aromatic carbocycles. The summed E-state index contributed by atoms with van der Waals surface area (Å²) in [6.07, 6.45) is 6.11. The first-order valence-corrected chi connectivity index (χ1v) is 9.58. The summed E-state index contributed by atoms with van der Waals surface area (Å²) in [4.78, 5) is 27.1. The summed E-state index contributed by atoms with van der Waals surface area (Å²) in [6.45, 7) is 0.724. The summed E-state index contributed by atoms with van der Waals surface area (Å²) in [5, 5.41) is 4.19. The molecule has 138 valence electrons. The molecule has 2 amide bonds. The number of hydrogen-bond donors (Lipinski definition) is 1. The van der Waals surface area contributed by atoms with Crippen LogP contribution in [0.4, 0.5) is 5.69 Å². The van der Waals surface area contributed by atoms with Crippen LogP contribution in [-0.2, 0) is 4.79 Å². The van der Waals surface area contributed by atoms with E-state index in [4.69, 9.17) is 0 Å². The number of carbonyl (C=O) groups excluding carboxylic acids is 2. The molecule has 1 N–H and O–H groups in total. The Morgan fingerprint density at radius 3 is 2.48 bits per heavy atom. The number of amides is 2. The molecule has 1 fully saturated rings. The minimum absolute atomic E-state index is 0.130. The molecule has 0 bridgehead atoms. The Kier molecular flexibility index (Phi) is 5.01. The fourth-order valence-electron chi connectivity index (χ4n) is 3.94. The molecule has 0 aromatic heterocycles. The number of carbonyl (C=O) groups is 2. The van der Waals surface area contributed by atoms with Gasteiger partial charge in [0.1, 0.15) is 0 Å². The van der Waals surface area contributed by atoms with E-state index in [1.165, 1.54) is 32.1 Å². The highest BCUT2D eigenvalue weighted by atomic mass is 16.2. The Bertz CT molecular complexity index is 870. The zero-order valence-corrected chi connectivity index (χ0v) is 15.2. The largest absolute Gasteiger partial charge is 0.306 e. The van der Waals surface area contributed by atoms with Gasteiger partial charge in [0.05, 0.1) is 5.69 Å². The number of fused-ring (bicyclic) bond motifs is 1. The second kappa shape index (κ2) is 7.74. The van der Waals surface area contributed by atoms with Gasteiger partial charge in [0.15, 0.2) is 5.71 Å². The molecule has 5 heteroatoms. The summed E-state index contributed by atoms with van der Waals surface area (Å²) < 4.78 is 0. The molecule has 0 atom stereocenters. The van der Waals surface area contributed by atoms with Gasteiger partial charge in [-0.25, -0.2) is 5.43 Å². The van der Waals surface area contributed by atoms with Crippen LogP contribution in [-0.4, -0.2) is 24.1 Å². The summed E-state index contributed by atoms with van der Waals surface area (Å²) in [5.74, 6) is 0.0864. The van der Waals surface area contributed by atoms with Crippen LogP contribution in [0.2, 0.25) is 0 Å². The number of nitrogens with one attached hydrogen (secondary N) is 1. The van der Waals surface area contributed by atoms with Crippen LogP contribution in [0.1, 0.15) is 48.0 Å². The van der Waals surface area contributed by atoms with Gasteiger partial charge >= 0.3 is 0 Å². The van der Waals surface area contributed by atoms with E-state index >= 15 is 0 Å². The van der Waals surface area contributed by atoms with Crippen molar-refractivity contribution in [3.05, 3.63) is 65.7 Å². The van der Waals surface area contributed by atoms with Crippen LogP contribution in [0.25, 0.3) is 0 Å². The maximum absolute atomic E-state index is 13.0. The molecule has 27 heavy (non-hydrogen) atoms. The van der Waals surface area contributed by atoms with E-state index in [2.05, 4.69) is 10.5 Å². The van der Waals surface area contributed by atoms with Crippen molar-refractivity contribution in [1.82, 2.24) is 5.43 Å². The number of hydrazone groups is 1. The molecule has 1 aliphatic heterocycles. The van der Waals surface area contributed by atoms with E-state index in [0.29, 0.717) is 17.2 Å². The van der Waals surface area contributed by atoms with Crippen LogP contribution < -0.4 is 10.3 Å². The lowest BCUT2D eigenvalue weighted by atomic mass is 9.89. The monoisotopic (exact) mass is 361 g/mol. The number of anilines is 1. The molecule has 1 saturated carbocycles. The van der Waals surface area contributed by atoms with E-state index in [1.54, 1.807) is 24.3 Å². The Hall–Kier alpha value is -2.95. The smallest absolute Gasteiger partial charge is 0.279 e. The standard InChI is InChI=1S/C22H23N3O2/c26-21(17-11-5-2-6-12-17)24-23-20-18-13-7-8-14-19(18)25(22(20)27)15-16-9-3-1-4-10-16/h2,5-8,11-14,16H,1,3-4,9-10,15H2,(H,24,26)/b23-20-. The quantitative estimate of drug-likeness (QED) is 0.843. The lowest BCUT2D eigenvalue weighted by molar-refractivity contribution is -0.112. The topological polar surface area (TPSA) is 61.8 Å². The van der Waals surface area contributed by atoms with Gasteiger partial charge in [-0.2, -0.15) is 5.10 Å². The Labute approximate surface area is 159 Å². The van der Waals surface area contributed by atoms with Crippen molar-refractivity contribution in [3.63, 3.8) is 0 Å². The second-order valence-corrected chi connectivity index (χ2v) is 7.20. The Morgan fingerprint density at radius 2 is 1.70 bits per heavy atom. The molecule has 0 radical (unpaired) electrons. The van der Waals surface area contributed by atoms with Crippen molar-refractivity contribution in [3.8, 4) is 0 Å². The lowest BCUT2D eigenvalue weighted by Gasteiger charge is -2.27. The van der Waals surface area contributed by atoms with E-state index in [9.17, 15) is 9.59 Å². The molecule has 1 heterocycles. The van der Waals surface area contributed by atoms with Gasteiger partial charge in [-0.3, -0.25) is 9.59 Å². The fourth-order valence-corrected chi connectivity index (χ4v) is 3.94. The molecular weight excluding hydrogens is 338 g/mol. The van der Waals surface area contributed by atoms with Gasteiger partial charge in [0.2, 0.25) is 0 Å². The van der Waals surface area contributed by atoms with Gasteiger partial charge in [0.25, 0.3) is 11.8 Å². The van der Waals surface area contributed by atoms with Crippen LogP contribution in [0, 0.1) is 5.92 Å². The van der Waals surface area contributed by atoms with Crippen molar-refractivity contribution in [1.29, 1.82) is 0 Å². The predicted octanol–water partition coefficient (Wildman–Crippen LogP) is 3.75. The van der Waals surface area contributed by atoms with E-state index < -0.39 is 0 Å².